The van der Waals surface area contributed by atoms with Gasteiger partial charge in [0.2, 0.25) is 5.82 Å². The van der Waals surface area contributed by atoms with Gasteiger partial charge in [-0.15, -0.1) is 5.10 Å². The molecule has 1 amide bonds. The molecule has 7 heteroatoms. The Hall–Kier alpha value is -4.00. The third kappa shape index (κ3) is 4.92. The SMILES string of the molecule is Cc1ccc(OC2CCC2)cc1-c1ccnc(NC(=O)c2n[nH]c(Cc3ccccc3)n2)c1. The lowest BCUT2D eigenvalue weighted by Crippen LogP contribution is -2.24. The second-order valence-electron chi connectivity index (χ2n) is 8.30. The molecule has 2 aromatic carbocycles. The molecule has 1 aliphatic rings. The fourth-order valence-electron chi connectivity index (χ4n) is 3.77. The maximum absolute atomic E-state index is 12.7. The van der Waals surface area contributed by atoms with E-state index in [-0.39, 0.29) is 5.82 Å². The number of carbonyl (C=O) groups is 1. The lowest BCUT2D eigenvalue weighted by molar-refractivity contribution is 0.101. The van der Waals surface area contributed by atoms with Gasteiger partial charge in [-0.2, -0.15) is 0 Å². The maximum atomic E-state index is 12.7. The zero-order chi connectivity index (χ0) is 22.6. The van der Waals surface area contributed by atoms with E-state index in [1.807, 2.05) is 48.5 Å². The molecular formula is C26H25N5O2. The fraction of sp³-hybridized carbons (Fsp3) is 0.231. The second-order valence-corrected chi connectivity index (χ2v) is 8.30. The summed E-state index contributed by atoms with van der Waals surface area (Å²) >= 11 is 0. The van der Waals surface area contributed by atoms with E-state index in [1.54, 1.807) is 6.20 Å². The van der Waals surface area contributed by atoms with Crippen LogP contribution in [0.25, 0.3) is 11.1 Å². The normalized spacial score (nSPS) is 13.4. The number of ether oxygens (including phenoxy) is 1. The van der Waals surface area contributed by atoms with Gasteiger partial charge >= 0.3 is 0 Å². The fourth-order valence-corrected chi connectivity index (χ4v) is 3.77. The van der Waals surface area contributed by atoms with Crippen LogP contribution in [0.1, 0.15) is 46.8 Å². The Morgan fingerprint density at radius 1 is 1.12 bits per heavy atom. The van der Waals surface area contributed by atoms with E-state index < -0.39 is 5.91 Å². The summed E-state index contributed by atoms with van der Waals surface area (Å²) in [4.78, 5) is 21.3. The van der Waals surface area contributed by atoms with Gasteiger partial charge in [0, 0.05) is 12.6 Å². The number of carbonyl (C=O) groups excluding carboxylic acids is 1. The molecule has 0 radical (unpaired) electrons. The number of amides is 1. The van der Waals surface area contributed by atoms with Crippen molar-refractivity contribution in [3.8, 4) is 16.9 Å². The molecule has 2 aromatic heterocycles. The molecule has 1 fully saturated rings. The molecular weight excluding hydrogens is 414 g/mol. The van der Waals surface area contributed by atoms with Crippen molar-refractivity contribution in [2.45, 2.75) is 38.7 Å². The first-order valence-corrected chi connectivity index (χ1v) is 11.1. The minimum Gasteiger partial charge on any atom is -0.490 e. The average Bonchev–Trinajstić information content (AvgIpc) is 3.27. The lowest BCUT2D eigenvalue weighted by Gasteiger charge is -2.26. The van der Waals surface area contributed by atoms with E-state index in [0.29, 0.717) is 24.2 Å². The molecule has 0 bridgehead atoms. The summed E-state index contributed by atoms with van der Waals surface area (Å²) in [6, 6.07) is 19.8. The zero-order valence-corrected chi connectivity index (χ0v) is 18.4. The van der Waals surface area contributed by atoms with E-state index in [2.05, 4.69) is 44.5 Å². The monoisotopic (exact) mass is 439 g/mol. The smallest absolute Gasteiger partial charge is 0.296 e. The number of nitrogens with zero attached hydrogens (tertiary/aromatic N) is 3. The van der Waals surface area contributed by atoms with Crippen LogP contribution in [0.15, 0.2) is 66.9 Å². The maximum Gasteiger partial charge on any atom is 0.296 e. The van der Waals surface area contributed by atoms with Gasteiger partial charge in [-0.25, -0.2) is 9.97 Å². The summed E-state index contributed by atoms with van der Waals surface area (Å²) < 4.78 is 6.06. The molecule has 0 unspecified atom stereocenters. The summed E-state index contributed by atoms with van der Waals surface area (Å²) in [5.74, 6) is 1.62. The number of anilines is 1. The Labute approximate surface area is 192 Å². The number of aryl methyl sites for hydroxylation is 1. The number of aromatic amines is 1. The van der Waals surface area contributed by atoms with Gasteiger partial charge in [-0.3, -0.25) is 9.89 Å². The molecule has 1 saturated carbocycles. The Balaban J connectivity index is 1.30. The van der Waals surface area contributed by atoms with Gasteiger partial charge in [0.25, 0.3) is 5.91 Å². The Bertz CT molecular complexity index is 1260. The van der Waals surface area contributed by atoms with Crippen LogP contribution >= 0.6 is 0 Å². The molecule has 0 atom stereocenters. The van der Waals surface area contributed by atoms with Crippen molar-refractivity contribution in [3.05, 3.63) is 89.6 Å². The highest BCUT2D eigenvalue weighted by molar-refractivity contribution is 6.01. The molecule has 33 heavy (non-hydrogen) atoms. The van der Waals surface area contributed by atoms with Crippen molar-refractivity contribution in [3.63, 3.8) is 0 Å². The van der Waals surface area contributed by atoms with Crippen molar-refractivity contribution in [1.29, 1.82) is 0 Å². The highest BCUT2D eigenvalue weighted by Gasteiger charge is 2.19. The Morgan fingerprint density at radius 3 is 2.76 bits per heavy atom. The van der Waals surface area contributed by atoms with Crippen molar-refractivity contribution in [2.75, 3.05) is 5.32 Å². The van der Waals surface area contributed by atoms with Crippen LogP contribution in [-0.4, -0.2) is 32.2 Å². The van der Waals surface area contributed by atoms with Crippen molar-refractivity contribution in [1.82, 2.24) is 20.2 Å². The quantitative estimate of drug-likeness (QED) is 0.425. The third-order valence-electron chi connectivity index (χ3n) is 5.83. The summed E-state index contributed by atoms with van der Waals surface area (Å²) in [6.45, 7) is 2.06. The van der Waals surface area contributed by atoms with E-state index >= 15 is 0 Å². The molecule has 166 valence electrons. The summed E-state index contributed by atoms with van der Waals surface area (Å²) in [6.07, 6.45) is 6.04. The first kappa shape index (κ1) is 20.9. The second kappa shape index (κ2) is 9.24. The topological polar surface area (TPSA) is 92.8 Å². The van der Waals surface area contributed by atoms with E-state index in [4.69, 9.17) is 4.74 Å². The van der Waals surface area contributed by atoms with Crippen LogP contribution in [0.2, 0.25) is 0 Å². The number of hydrogen-bond acceptors (Lipinski definition) is 5. The molecule has 1 aliphatic carbocycles. The number of pyridine rings is 1. The molecule has 2 N–H and O–H groups in total. The number of nitrogens with one attached hydrogen (secondary N) is 2. The molecule has 0 spiro atoms. The highest BCUT2D eigenvalue weighted by Crippen LogP contribution is 2.31. The third-order valence-corrected chi connectivity index (χ3v) is 5.83. The van der Waals surface area contributed by atoms with Crippen molar-refractivity contribution < 1.29 is 9.53 Å². The minimum atomic E-state index is -0.408. The van der Waals surface area contributed by atoms with Gasteiger partial charge in [0.05, 0.1) is 6.10 Å². The summed E-state index contributed by atoms with van der Waals surface area (Å²) in [5.41, 5.74) is 4.22. The summed E-state index contributed by atoms with van der Waals surface area (Å²) in [5, 5.41) is 9.71. The van der Waals surface area contributed by atoms with Gasteiger partial charge in [0.15, 0.2) is 0 Å². The van der Waals surface area contributed by atoms with E-state index in [0.717, 1.165) is 40.8 Å². The van der Waals surface area contributed by atoms with Gasteiger partial charge in [-0.1, -0.05) is 36.4 Å². The minimum absolute atomic E-state index is 0.0835. The number of benzene rings is 2. The van der Waals surface area contributed by atoms with Crippen LogP contribution in [0, 0.1) is 6.92 Å². The Kier molecular flexibility index (Phi) is 5.85. The van der Waals surface area contributed by atoms with E-state index in [1.165, 1.54) is 6.42 Å². The number of H-pyrrole nitrogens is 1. The molecule has 4 aromatic rings. The summed E-state index contributed by atoms with van der Waals surface area (Å²) in [7, 11) is 0. The molecule has 5 rings (SSSR count). The van der Waals surface area contributed by atoms with Gasteiger partial charge in [0.1, 0.15) is 17.4 Å². The number of aromatic nitrogens is 4. The van der Waals surface area contributed by atoms with Gasteiger partial charge < -0.3 is 10.1 Å². The number of hydrogen-bond donors (Lipinski definition) is 2. The van der Waals surface area contributed by atoms with Crippen LogP contribution < -0.4 is 10.1 Å². The lowest BCUT2D eigenvalue weighted by atomic mass is 9.96. The molecule has 2 heterocycles. The Morgan fingerprint density at radius 2 is 1.97 bits per heavy atom. The molecule has 0 saturated heterocycles. The molecule has 7 nitrogen and oxygen atoms in total. The van der Waals surface area contributed by atoms with Crippen LogP contribution in [0.4, 0.5) is 5.82 Å². The van der Waals surface area contributed by atoms with Gasteiger partial charge in [-0.05, 0) is 72.7 Å². The largest absolute Gasteiger partial charge is 0.490 e. The number of rotatable bonds is 7. The first-order chi connectivity index (χ1) is 16.1. The first-order valence-electron chi connectivity index (χ1n) is 11.1. The predicted octanol–water partition coefficient (Wildman–Crippen LogP) is 4.95. The van der Waals surface area contributed by atoms with Crippen LogP contribution in [0.3, 0.4) is 0 Å². The van der Waals surface area contributed by atoms with Crippen LogP contribution in [-0.2, 0) is 6.42 Å². The standard InChI is InChI=1S/C26H25N5O2/c1-17-10-11-21(33-20-8-5-9-20)16-22(17)19-12-13-27-23(15-19)29-26(32)25-28-24(30-31-25)14-18-6-3-2-4-7-18/h2-4,6-7,10-13,15-16,20H,5,8-9,14H2,1H3,(H,27,29,32)(H,28,30,31). The van der Waals surface area contributed by atoms with E-state index in [9.17, 15) is 4.79 Å². The van der Waals surface area contributed by atoms with Crippen molar-refractivity contribution in [2.24, 2.45) is 0 Å². The highest BCUT2D eigenvalue weighted by atomic mass is 16.5. The average molecular weight is 440 g/mol. The molecule has 0 aliphatic heterocycles. The van der Waals surface area contributed by atoms with Crippen LogP contribution in [0.5, 0.6) is 5.75 Å². The zero-order valence-electron chi connectivity index (χ0n) is 18.4. The predicted molar refractivity (Wildman–Crippen MR) is 126 cm³/mol. The van der Waals surface area contributed by atoms with Crippen molar-refractivity contribution >= 4 is 11.7 Å².